The van der Waals surface area contributed by atoms with Gasteiger partial charge >= 0.3 is 0 Å². The van der Waals surface area contributed by atoms with Gasteiger partial charge in [0.1, 0.15) is 5.82 Å². The van der Waals surface area contributed by atoms with E-state index in [4.69, 9.17) is 5.73 Å². The highest BCUT2D eigenvalue weighted by molar-refractivity contribution is 5.91. The van der Waals surface area contributed by atoms with Gasteiger partial charge in [0, 0.05) is 35.0 Å². The van der Waals surface area contributed by atoms with Gasteiger partial charge in [0.2, 0.25) is 5.56 Å². The molecule has 0 saturated carbocycles. The SMILES string of the molecule is Nc1nccc2cc(C#Cc3ccc(=O)[nH]c3)ccc12. The molecule has 1 aromatic carbocycles. The molecule has 0 radical (unpaired) electrons. The summed E-state index contributed by atoms with van der Waals surface area (Å²) in [6.07, 6.45) is 3.27. The zero-order valence-corrected chi connectivity index (χ0v) is 10.6. The number of hydrogen-bond acceptors (Lipinski definition) is 3. The van der Waals surface area contributed by atoms with Crippen LogP contribution in [0.15, 0.2) is 53.6 Å². The third kappa shape index (κ3) is 2.38. The molecule has 0 fully saturated rings. The number of rotatable bonds is 0. The highest BCUT2D eigenvalue weighted by Gasteiger charge is 1.98. The second-order valence-electron chi connectivity index (χ2n) is 4.32. The van der Waals surface area contributed by atoms with Crippen LogP contribution in [0.25, 0.3) is 10.8 Å². The van der Waals surface area contributed by atoms with E-state index in [9.17, 15) is 4.79 Å². The molecule has 0 aliphatic heterocycles. The van der Waals surface area contributed by atoms with Gasteiger partial charge in [-0.1, -0.05) is 11.8 Å². The molecule has 0 unspecified atom stereocenters. The Morgan fingerprint density at radius 3 is 2.65 bits per heavy atom. The maximum atomic E-state index is 11.0. The Kier molecular flexibility index (Phi) is 2.94. The summed E-state index contributed by atoms with van der Waals surface area (Å²) in [5.74, 6) is 6.58. The molecule has 3 aromatic rings. The summed E-state index contributed by atoms with van der Waals surface area (Å²) in [4.78, 5) is 17.6. The molecule has 0 bridgehead atoms. The molecule has 2 heterocycles. The Morgan fingerprint density at radius 1 is 1.05 bits per heavy atom. The Labute approximate surface area is 115 Å². The number of nitrogens with zero attached hydrogens (tertiary/aromatic N) is 1. The lowest BCUT2D eigenvalue weighted by molar-refractivity contribution is 1.23. The van der Waals surface area contributed by atoms with Gasteiger partial charge in [-0.2, -0.15) is 0 Å². The first-order valence-corrected chi connectivity index (χ1v) is 6.07. The van der Waals surface area contributed by atoms with Gasteiger partial charge < -0.3 is 10.7 Å². The molecule has 0 saturated heterocycles. The van der Waals surface area contributed by atoms with Crippen molar-refractivity contribution in [2.24, 2.45) is 0 Å². The molecule has 0 spiro atoms. The number of pyridine rings is 2. The van der Waals surface area contributed by atoms with E-state index in [1.165, 1.54) is 6.07 Å². The molecule has 0 atom stereocenters. The van der Waals surface area contributed by atoms with E-state index in [0.29, 0.717) is 5.82 Å². The van der Waals surface area contributed by atoms with Crippen molar-refractivity contribution >= 4 is 16.6 Å². The minimum absolute atomic E-state index is 0.135. The molecule has 0 aliphatic rings. The number of nitrogen functional groups attached to an aromatic ring is 1. The van der Waals surface area contributed by atoms with Gasteiger partial charge in [0.25, 0.3) is 0 Å². The maximum absolute atomic E-state index is 11.0. The Morgan fingerprint density at radius 2 is 1.85 bits per heavy atom. The maximum Gasteiger partial charge on any atom is 0.247 e. The number of fused-ring (bicyclic) bond motifs is 1. The molecule has 2 aromatic heterocycles. The number of anilines is 1. The third-order valence-corrected chi connectivity index (χ3v) is 2.93. The van der Waals surface area contributed by atoms with Crippen LogP contribution in [-0.2, 0) is 0 Å². The van der Waals surface area contributed by atoms with Crippen molar-refractivity contribution in [2.75, 3.05) is 5.73 Å². The molecule has 0 aliphatic carbocycles. The van der Waals surface area contributed by atoms with Crippen molar-refractivity contribution in [3.05, 3.63) is 70.3 Å². The summed E-state index contributed by atoms with van der Waals surface area (Å²) in [5, 5.41) is 1.92. The van der Waals surface area contributed by atoms with E-state index in [0.717, 1.165) is 21.9 Å². The molecule has 3 rings (SSSR count). The monoisotopic (exact) mass is 261 g/mol. The molecule has 3 N–H and O–H groups in total. The van der Waals surface area contributed by atoms with Crippen molar-refractivity contribution in [1.29, 1.82) is 0 Å². The molecule has 0 amide bonds. The van der Waals surface area contributed by atoms with Crippen LogP contribution < -0.4 is 11.3 Å². The summed E-state index contributed by atoms with van der Waals surface area (Å²) in [6.45, 7) is 0. The fourth-order valence-electron chi connectivity index (χ4n) is 1.91. The van der Waals surface area contributed by atoms with E-state index in [-0.39, 0.29) is 5.56 Å². The topological polar surface area (TPSA) is 71.8 Å². The first-order valence-electron chi connectivity index (χ1n) is 6.07. The van der Waals surface area contributed by atoms with E-state index in [1.54, 1.807) is 18.5 Å². The van der Waals surface area contributed by atoms with Crippen molar-refractivity contribution in [3.8, 4) is 11.8 Å². The van der Waals surface area contributed by atoms with Crippen molar-refractivity contribution in [3.63, 3.8) is 0 Å². The van der Waals surface area contributed by atoms with E-state index < -0.39 is 0 Å². The quantitative estimate of drug-likeness (QED) is 0.607. The first-order chi connectivity index (χ1) is 9.72. The highest BCUT2D eigenvalue weighted by atomic mass is 16.1. The molecule has 96 valence electrons. The Balaban J connectivity index is 2.00. The van der Waals surface area contributed by atoms with Crippen LogP contribution in [0.1, 0.15) is 11.1 Å². The fourth-order valence-corrected chi connectivity index (χ4v) is 1.91. The van der Waals surface area contributed by atoms with Crippen LogP contribution in [0.3, 0.4) is 0 Å². The predicted molar refractivity (Wildman–Crippen MR) is 79.2 cm³/mol. The van der Waals surface area contributed by atoms with Gasteiger partial charge in [-0.05, 0) is 35.7 Å². The number of nitrogens with two attached hydrogens (primary N) is 1. The largest absolute Gasteiger partial charge is 0.383 e. The van der Waals surface area contributed by atoms with Crippen LogP contribution in [0.4, 0.5) is 5.82 Å². The van der Waals surface area contributed by atoms with Crippen molar-refractivity contribution < 1.29 is 0 Å². The number of H-pyrrole nitrogens is 1. The molecule has 20 heavy (non-hydrogen) atoms. The van der Waals surface area contributed by atoms with Crippen LogP contribution in [0, 0.1) is 11.8 Å². The lowest BCUT2D eigenvalue weighted by Gasteiger charge is -2.00. The van der Waals surface area contributed by atoms with Gasteiger partial charge in [0.05, 0.1) is 0 Å². The van der Waals surface area contributed by atoms with Crippen molar-refractivity contribution in [2.45, 2.75) is 0 Å². The van der Waals surface area contributed by atoms with Gasteiger partial charge in [-0.25, -0.2) is 4.98 Å². The van der Waals surface area contributed by atoms with Crippen LogP contribution >= 0.6 is 0 Å². The van der Waals surface area contributed by atoms with Crippen molar-refractivity contribution in [1.82, 2.24) is 9.97 Å². The van der Waals surface area contributed by atoms with E-state index >= 15 is 0 Å². The zero-order valence-electron chi connectivity index (χ0n) is 10.6. The normalized spacial score (nSPS) is 10.0. The fraction of sp³-hybridized carbons (Fsp3) is 0. The smallest absolute Gasteiger partial charge is 0.247 e. The molecular weight excluding hydrogens is 250 g/mol. The van der Waals surface area contributed by atoms with Gasteiger partial charge in [0.15, 0.2) is 0 Å². The molecule has 4 heteroatoms. The number of hydrogen-bond donors (Lipinski definition) is 2. The van der Waals surface area contributed by atoms with Crippen LogP contribution in [0.5, 0.6) is 0 Å². The second-order valence-corrected chi connectivity index (χ2v) is 4.32. The first kappa shape index (κ1) is 12.0. The average molecular weight is 261 g/mol. The lowest BCUT2D eigenvalue weighted by Crippen LogP contribution is -2.01. The Hall–Kier alpha value is -3.06. The third-order valence-electron chi connectivity index (χ3n) is 2.93. The summed E-state index contributed by atoms with van der Waals surface area (Å²) >= 11 is 0. The number of aromatic amines is 1. The van der Waals surface area contributed by atoms with Crippen LogP contribution in [0.2, 0.25) is 0 Å². The minimum Gasteiger partial charge on any atom is -0.383 e. The highest BCUT2D eigenvalue weighted by Crippen LogP contribution is 2.19. The Bertz CT molecular complexity index is 880. The summed E-state index contributed by atoms with van der Waals surface area (Å²) in [5.41, 5.74) is 7.32. The molecule has 4 nitrogen and oxygen atoms in total. The number of aromatic nitrogens is 2. The molecular formula is C16H11N3O. The predicted octanol–water partition coefficient (Wildman–Crippen LogP) is 1.91. The summed E-state index contributed by atoms with van der Waals surface area (Å²) in [7, 11) is 0. The second kappa shape index (κ2) is 4.90. The standard InChI is InChI=1S/C16H11N3O/c17-16-14-5-3-11(9-13(14)7-8-18-16)1-2-12-4-6-15(20)19-10-12/h3-10H,(H2,17,18)(H,19,20). The number of benzene rings is 1. The number of nitrogens with one attached hydrogen (secondary N) is 1. The van der Waals surface area contributed by atoms with E-state index in [1.807, 2.05) is 24.3 Å². The zero-order chi connectivity index (χ0) is 13.9. The van der Waals surface area contributed by atoms with Crippen LogP contribution in [-0.4, -0.2) is 9.97 Å². The lowest BCUT2D eigenvalue weighted by atomic mass is 10.1. The van der Waals surface area contributed by atoms with E-state index in [2.05, 4.69) is 21.8 Å². The summed E-state index contributed by atoms with van der Waals surface area (Å²) in [6, 6.07) is 10.8. The average Bonchev–Trinajstić information content (AvgIpc) is 2.47. The minimum atomic E-state index is -0.135. The van der Waals surface area contributed by atoms with Gasteiger partial charge in [-0.15, -0.1) is 0 Å². The van der Waals surface area contributed by atoms with Gasteiger partial charge in [-0.3, -0.25) is 4.79 Å². The summed E-state index contributed by atoms with van der Waals surface area (Å²) < 4.78 is 0.